The second kappa shape index (κ2) is 10.6. The van der Waals surface area contributed by atoms with Crippen LogP contribution in [-0.4, -0.2) is 12.9 Å². The van der Waals surface area contributed by atoms with Crippen molar-refractivity contribution >= 4 is 11.8 Å². The molecule has 1 rings (SSSR count). The van der Waals surface area contributed by atoms with Crippen molar-refractivity contribution in [2.24, 2.45) is 0 Å². The fourth-order valence-corrected chi connectivity index (χ4v) is 1.33. The quantitative estimate of drug-likeness (QED) is 0.523. The molecule has 0 spiro atoms. The van der Waals surface area contributed by atoms with E-state index in [4.69, 9.17) is 0 Å². The predicted octanol–water partition coefficient (Wildman–Crippen LogP) is 4.55. The molecule has 0 aromatic heterocycles. The van der Waals surface area contributed by atoms with E-state index >= 15 is 0 Å². The van der Waals surface area contributed by atoms with E-state index in [1.807, 2.05) is 18.2 Å². The van der Waals surface area contributed by atoms with Crippen LogP contribution in [0.2, 0.25) is 0 Å². The highest BCUT2D eigenvalue weighted by Crippen LogP contribution is 2.11. The maximum atomic E-state index is 11.2. The molecule has 0 saturated carbocycles. The van der Waals surface area contributed by atoms with Gasteiger partial charge < -0.3 is 0 Å². The van der Waals surface area contributed by atoms with Crippen molar-refractivity contribution in [3.05, 3.63) is 30.3 Å². The first-order chi connectivity index (χ1) is 6.85. The van der Waals surface area contributed by atoms with Crippen LogP contribution in [-0.2, 0) is 0 Å². The van der Waals surface area contributed by atoms with Gasteiger partial charge in [0.15, 0.2) is 0 Å². The van der Waals surface area contributed by atoms with Gasteiger partial charge in [0.2, 0.25) is 0 Å². The van der Waals surface area contributed by atoms with E-state index in [9.17, 15) is 4.39 Å². The molecular weight excluding hydrogens is 195 g/mol. The van der Waals surface area contributed by atoms with Crippen LogP contribution in [0.3, 0.4) is 0 Å². The third-order valence-corrected chi connectivity index (χ3v) is 2.46. The highest BCUT2D eigenvalue weighted by atomic mass is 32.2. The summed E-state index contributed by atoms with van der Waals surface area (Å²) in [5, 5.41) is 0. The average Bonchev–Trinajstić information content (AvgIpc) is 2.28. The zero-order valence-corrected chi connectivity index (χ0v) is 9.82. The molecule has 0 nitrogen and oxygen atoms in total. The monoisotopic (exact) mass is 214 g/mol. The van der Waals surface area contributed by atoms with Crippen molar-refractivity contribution in [2.45, 2.75) is 31.1 Å². The van der Waals surface area contributed by atoms with Gasteiger partial charge in [0.05, 0.1) is 6.67 Å². The molecule has 1 aromatic carbocycles. The highest BCUT2D eigenvalue weighted by Gasteiger charge is 1.80. The van der Waals surface area contributed by atoms with Crippen molar-refractivity contribution in [3.63, 3.8) is 0 Å². The lowest BCUT2D eigenvalue weighted by Crippen LogP contribution is -1.72. The number of hydrogen-bond acceptors (Lipinski definition) is 1. The molecule has 0 aliphatic heterocycles. The van der Waals surface area contributed by atoms with E-state index in [0.29, 0.717) is 0 Å². The van der Waals surface area contributed by atoms with E-state index in [-0.39, 0.29) is 6.67 Å². The Labute approximate surface area is 90.9 Å². The summed E-state index contributed by atoms with van der Waals surface area (Å²) < 4.78 is 11.2. The summed E-state index contributed by atoms with van der Waals surface area (Å²) in [4.78, 5) is 1.33. The van der Waals surface area contributed by atoms with Crippen molar-refractivity contribution < 1.29 is 4.39 Å². The van der Waals surface area contributed by atoms with Crippen molar-refractivity contribution in [1.29, 1.82) is 0 Å². The molecule has 0 bridgehead atoms. The molecule has 0 aliphatic carbocycles. The van der Waals surface area contributed by atoms with Gasteiger partial charge in [-0.2, -0.15) is 0 Å². The Balaban J connectivity index is 0.000000255. The summed E-state index contributed by atoms with van der Waals surface area (Å²) in [6, 6.07) is 10.3. The van der Waals surface area contributed by atoms with Gasteiger partial charge in [0.1, 0.15) is 0 Å². The summed E-state index contributed by atoms with van der Waals surface area (Å²) >= 11 is 1.77. The molecule has 0 heterocycles. The smallest absolute Gasteiger partial charge is 0.0894 e. The Bertz CT molecular complexity index is 195. The molecular formula is C12H19FS. The number of benzene rings is 1. The molecule has 80 valence electrons. The number of alkyl halides is 1. The van der Waals surface area contributed by atoms with E-state index in [1.54, 1.807) is 11.8 Å². The third-order valence-electron chi connectivity index (χ3n) is 1.72. The normalized spacial score (nSPS) is 9.07. The lowest BCUT2D eigenvalue weighted by Gasteiger charge is -1.89. The molecule has 2 heteroatoms. The molecule has 0 saturated heterocycles. The van der Waals surface area contributed by atoms with Crippen LogP contribution in [0.4, 0.5) is 4.39 Å². The summed E-state index contributed by atoms with van der Waals surface area (Å²) in [6.45, 7) is 1.92. The zero-order valence-electron chi connectivity index (χ0n) is 9.00. The number of thioether (sulfide) groups is 1. The topological polar surface area (TPSA) is 0 Å². The maximum Gasteiger partial charge on any atom is 0.0894 e. The molecule has 0 aliphatic rings. The molecule has 0 N–H and O–H groups in total. The third kappa shape index (κ3) is 8.11. The predicted molar refractivity (Wildman–Crippen MR) is 63.7 cm³/mol. The van der Waals surface area contributed by atoms with Gasteiger partial charge in [-0.1, -0.05) is 38.0 Å². The molecule has 0 radical (unpaired) electrons. The van der Waals surface area contributed by atoms with Crippen LogP contribution in [0, 0.1) is 0 Å². The van der Waals surface area contributed by atoms with E-state index < -0.39 is 0 Å². The minimum Gasteiger partial charge on any atom is -0.251 e. The van der Waals surface area contributed by atoms with Crippen molar-refractivity contribution in [2.75, 3.05) is 12.9 Å². The standard InChI is InChI=1S/C7H8S.C5H11F/c1-8-7-5-3-2-4-6-7;1-2-3-4-5-6/h2-6H,1H3;2-5H2,1H3. The Hall–Kier alpha value is -0.500. The zero-order chi connectivity index (χ0) is 10.6. The number of rotatable bonds is 4. The van der Waals surface area contributed by atoms with Crippen LogP contribution < -0.4 is 0 Å². The van der Waals surface area contributed by atoms with Crippen molar-refractivity contribution in [3.8, 4) is 0 Å². The number of unbranched alkanes of at least 4 members (excludes halogenated alkanes) is 2. The van der Waals surface area contributed by atoms with E-state index in [0.717, 1.165) is 19.3 Å². The SMILES string of the molecule is CCCCCF.CSc1ccccc1. The number of hydrogen-bond donors (Lipinski definition) is 0. The van der Waals surface area contributed by atoms with Crippen LogP contribution in [0.1, 0.15) is 26.2 Å². The maximum absolute atomic E-state index is 11.2. The minimum absolute atomic E-state index is 0.145. The van der Waals surface area contributed by atoms with Gasteiger partial charge in [-0.05, 0) is 24.8 Å². The van der Waals surface area contributed by atoms with Gasteiger partial charge in [-0.15, -0.1) is 11.8 Å². The second-order valence-corrected chi connectivity index (χ2v) is 3.79. The summed E-state index contributed by atoms with van der Waals surface area (Å²) in [5.74, 6) is 0. The Morgan fingerprint density at radius 1 is 1.14 bits per heavy atom. The van der Waals surface area contributed by atoms with Gasteiger partial charge >= 0.3 is 0 Å². The highest BCUT2D eigenvalue weighted by molar-refractivity contribution is 7.98. The molecule has 0 fully saturated rings. The Morgan fingerprint density at radius 2 is 1.79 bits per heavy atom. The van der Waals surface area contributed by atoms with Crippen LogP contribution in [0.5, 0.6) is 0 Å². The Morgan fingerprint density at radius 3 is 2.07 bits per heavy atom. The molecule has 1 aromatic rings. The van der Waals surface area contributed by atoms with Gasteiger partial charge in [-0.3, -0.25) is 4.39 Å². The van der Waals surface area contributed by atoms with Gasteiger partial charge in [-0.25, -0.2) is 0 Å². The van der Waals surface area contributed by atoms with E-state index in [1.165, 1.54) is 4.90 Å². The number of halogens is 1. The van der Waals surface area contributed by atoms with Crippen LogP contribution in [0.15, 0.2) is 35.2 Å². The summed E-state index contributed by atoms with van der Waals surface area (Å²) in [7, 11) is 0. The molecule has 0 atom stereocenters. The second-order valence-electron chi connectivity index (χ2n) is 2.91. The first-order valence-corrected chi connectivity index (χ1v) is 6.22. The first-order valence-electron chi connectivity index (χ1n) is 5.00. The van der Waals surface area contributed by atoms with Crippen LogP contribution >= 0.6 is 11.8 Å². The lowest BCUT2D eigenvalue weighted by atomic mass is 10.3. The lowest BCUT2D eigenvalue weighted by molar-refractivity contribution is 0.460. The largest absolute Gasteiger partial charge is 0.251 e. The van der Waals surface area contributed by atoms with E-state index in [2.05, 4.69) is 25.3 Å². The average molecular weight is 214 g/mol. The van der Waals surface area contributed by atoms with Gasteiger partial charge in [0, 0.05) is 4.90 Å². The Kier molecular flexibility index (Phi) is 10.2. The fourth-order valence-electron chi connectivity index (χ4n) is 0.901. The first kappa shape index (κ1) is 13.5. The fraction of sp³-hybridized carbons (Fsp3) is 0.500. The molecule has 0 amide bonds. The van der Waals surface area contributed by atoms with Crippen LogP contribution in [0.25, 0.3) is 0 Å². The molecule has 14 heavy (non-hydrogen) atoms. The summed E-state index contributed by atoms with van der Waals surface area (Å²) in [6.07, 6.45) is 4.98. The van der Waals surface area contributed by atoms with Gasteiger partial charge in [0.25, 0.3) is 0 Å². The van der Waals surface area contributed by atoms with Crippen molar-refractivity contribution in [1.82, 2.24) is 0 Å². The minimum atomic E-state index is -0.145. The molecule has 0 unspecified atom stereocenters. The summed E-state index contributed by atoms with van der Waals surface area (Å²) in [5.41, 5.74) is 0.